The summed E-state index contributed by atoms with van der Waals surface area (Å²) in [5.74, 6) is 1.86. The third-order valence-corrected chi connectivity index (χ3v) is 6.86. The van der Waals surface area contributed by atoms with Crippen LogP contribution in [-0.2, 0) is 6.67 Å². The Balaban J connectivity index is 1.21. The van der Waals surface area contributed by atoms with Crippen molar-refractivity contribution in [2.75, 3.05) is 13.1 Å². The minimum absolute atomic E-state index is 0.134. The van der Waals surface area contributed by atoms with E-state index in [1.54, 1.807) is 24.5 Å². The maximum absolute atomic E-state index is 13.2. The summed E-state index contributed by atoms with van der Waals surface area (Å²) < 4.78 is 23.7. The highest BCUT2D eigenvalue weighted by molar-refractivity contribution is 7.71. The van der Waals surface area contributed by atoms with Gasteiger partial charge in [0.1, 0.15) is 5.82 Å². The van der Waals surface area contributed by atoms with Crippen molar-refractivity contribution in [2.24, 2.45) is 0 Å². The molecular weight excluding hydrogens is 453 g/mol. The Morgan fingerprint density at radius 2 is 1.82 bits per heavy atom. The van der Waals surface area contributed by atoms with Gasteiger partial charge in [0.2, 0.25) is 11.7 Å². The zero-order chi connectivity index (χ0) is 23.1. The van der Waals surface area contributed by atoms with Gasteiger partial charge in [-0.3, -0.25) is 14.5 Å². The van der Waals surface area contributed by atoms with E-state index in [0.29, 0.717) is 24.4 Å². The molecule has 1 aliphatic carbocycles. The van der Waals surface area contributed by atoms with Gasteiger partial charge < -0.3 is 4.52 Å². The first-order valence-corrected chi connectivity index (χ1v) is 12.0. The number of pyridine rings is 1. The van der Waals surface area contributed by atoms with Gasteiger partial charge in [-0.05, 0) is 80.8 Å². The van der Waals surface area contributed by atoms with Crippen molar-refractivity contribution in [3.8, 4) is 22.8 Å². The zero-order valence-electron chi connectivity index (χ0n) is 18.5. The first kappa shape index (κ1) is 21.3. The van der Waals surface area contributed by atoms with Gasteiger partial charge in [0, 0.05) is 36.1 Å². The summed E-state index contributed by atoms with van der Waals surface area (Å²) in [5, 5.41) is 9.03. The minimum Gasteiger partial charge on any atom is -0.339 e. The van der Waals surface area contributed by atoms with Gasteiger partial charge in [-0.1, -0.05) is 5.16 Å². The highest BCUT2D eigenvalue weighted by Crippen LogP contribution is 2.38. The zero-order valence-corrected chi connectivity index (χ0v) is 19.4. The maximum Gasteiger partial charge on any atom is 0.231 e. The lowest BCUT2D eigenvalue weighted by molar-refractivity contribution is 0.143. The predicted octanol–water partition coefficient (Wildman–Crippen LogP) is 4.84. The number of hydrogen-bond donors (Lipinski definition) is 0. The number of nitrogens with zero attached hydrogens (tertiary/aromatic N) is 7. The first-order valence-electron chi connectivity index (χ1n) is 11.6. The molecular formula is C24H24FN7OS. The summed E-state index contributed by atoms with van der Waals surface area (Å²) in [6.45, 7) is 2.36. The van der Waals surface area contributed by atoms with Gasteiger partial charge >= 0.3 is 0 Å². The van der Waals surface area contributed by atoms with Crippen LogP contribution in [0.3, 0.4) is 0 Å². The molecule has 1 unspecified atom stereocenters. The van der Waals surface area contributed by atoms with Crippen molar-refractivity contribution >= 4 is 12.2 Å². The second-order valence-electron chi connectivity index (χ2n) is 8.96. The number of benzene rings is 1. The summed E-state index contributed by atoms with van der Waals surface area (Å²) in [4.78, 5) is 11.1. The van der Waals surface area contributed by atoms with Crippen LogP contribution in [0, 0.1) is 10.6 Å². The van der Waals surface area contributed by atoms with E-state index >= 15 is 0 Å². The monoisotopic (exact) mass is 477 g/mol. The number of likely N-dealkylation sites (tertiary alicyclic amines) is 1. The van der Waals surface area contributed by atoms with E-state index in [2.05, 4.69) is 24.6 Å². The quantitative estimate of drug-likeness (QED) is 0.368. The van der Waals surface area contributed by atoms with Crippen LogP contribution in [0.25, 0.3) is 22.8 Å². The summed E-state index contributed by atoms with van der Waals surface area (Å²) in [7, 11) is 0. The van der Waals surface area contributed by atoms with E-state index in [0.717, 1.165) is 60.5 Å². The minimum atomic E-state index is -0.287. The third kappa shape index (κ3) is 4.19. The lowest BCUT2D eigenvalue weighted by atomic mass is 9.98. The molecule has 34 heavy (non-hydrogen) atoms. The summed E-state index contributed by atoms with van der Waals surface area (Å²) in [6, 6.07) is 10.5. The van der Waals surface area contributed by atoms with Gasteiger partial charge in [0.25, 0.3) is 0 Å². The maximum atomic E-state index is 13.2. The van der Waals surface area contributed by atoms with Crippen LogP contribution in [-0.4, -0.2) is 47.5 Å². The SMILES string of the molecule is Fc1ccc(-c2noc(C3CCCN(Cn4nc(-c5ccncc5)n(C5CC5)c4=S)C3)n2)cc1. The second kappa shape index (κ2) is 8.84. The Labute approximate surface area is 201 Å². The Kier molecular flexibility index (Phi) is 5.54. The molecule has 0 bridgehead atoms. The van der Waals surface area contributed by atoms with Gasteiger partial charge in [-0.25, -0.2) is 9.07 Å². The molecule has 174 valence electrons. The van der Waals surface area contributed by atoms with Gasteiger partial charge in [0.05, 0.1) is 12.6 Å². The van der Waals surface area contributed by atoms with E-state index in [1.165, 1.54) is 12.1 Å². The molecule has 2 fully saturated rings. The second-order valence-corrected chi connectivity index (χ2v) is 9.33. The molecule has 1 saturated carbocycles. The first-order chi connectivity index (χ1) is 16.7. The molecule has 1 atom stereocenters. The molecule has 1 aromatic carbocycles. The van der Waals surface area contributed by atoms with Gasteiger partial charge in [0.15, 0.2) is 10.6 Å². The number of rotatable bonds is 6. The summed E-state index contributed by atoms with van der Waals surface area (Å²) >= 11 is 5.84. The number of hydrogen-bond acceptors (Lipinski definition) is 7. The molecule has 3 aromatic heterocycles. The fraction of sp³-hybridized carbons (Fsp3) is 0.375. The molecule has 0 spiro atoms. The van der Waals surface area contributed by atoms with E-state index in [4.69, 9.17) is 21.8 Å². The molecule has 6 rings (SSSR count). The van der Waals surface area contributed by atoms with Crippen LogP contribution in [0.15, 0.2) is 53.3 Å². The fourth-order valence-electron chi connectivity index (χ4n) is 4.56. The van der Waals surface area contributed by atoms with E-state index in [9.17, 15) is 4.39 Å². The van der Waals surface area contributed by atoms with Gasteiger partial charge in [-0.2, -0.15) is 10.1 Å². The Hall–Kier alpha value is -3.24. The van der Waals surface area contributed by atoms with E-state index < -0.39 is 0 Å². The molecule has 1 saturated heterocycles. The normalized spacial score (nSPS) is 18.9. The topological polar surface area (TPSA) is 77.8 Å². The molecule has 2 aliphatic rings. The average molecular weight is 478 g/mol. The Morgan fingerprint density at radius 3 is 2.59 bits per heavy atom. The van der Waals surface area contributed by atoms with Crippen molar-refractivity contribution < 1.29 is 8.91 Å². The predicted molar refractivity (Wildman–Crippen MR) is 126 cm³/mol. The molecule has 0 N–H and O–H groups in total. The van der Waals surface area contributed by atoms with Crippen LogP contribution < -0.4 is 0 Å². The van der Waals surface area contributed by atoms with Crippen molar-refractivity contribution in [3.05, 3.63) is 65.3 Å². The van der Waals surface area contributed by atoms with Crippen LogP contribution in [0.5, 0.6) is 0 Å². The Morgan fingerprint density at radius 1 is 1.03 bits per heavy atom. The number of aromatic nitrogens is 6. The van der Waals surface area contributed by atoms with Crippen LogP contribution >= 0.6 is 12.2 Å². The average Bonchev–Trinajstić information content (AvgIpc) is 3.48. The van der Waals surface area contributed by atoms with E-state index in [-0.39, 0.29) is 11.7 Å². The summed E-state index contributed by atoms with van der Waals surface area (Å²) in [6.07, 6.45) is 7.84. The van der Waals surface area contributed by atoms with Crippen molar-refractivity contribution in [1.82, 2.24) is 34.4 Å². The smallest absolute Gasteiger partial charge is 0.231 e. The molecule has 0 amide bonds. The largest absolute Gasteiger partial charge is 0.339 e. The molecule has 8 nitrogen and oxygen atoms in total. The number of piperidine rings is 1. The number of halogens is 1. The van der Waals surface area contributed by atoms with Crippen LogP contribution in [0.4, 0.5) is 4.39 Å². The lowest BCUT2D eigenvalue weighted by Gasteiger charge is -2.30. The molecule has 10 heteroatoms. The molecule has 4 heterocycles. The fourth-order valence-corrected chi connectivity index (χ4v) is 4.90. The molecule has 1 aliphatic heterocycles. The van der Waals surface area contributed by atoms with Crippen molar-refractivity contribution in [2.45, 2.75) is 44.3 Å². The Bertz CT molecular complexity index is 1340. The van der Waals surface area contributed by atoms with Crippen molar-refractivity contribution in [3.63, 3.8) is 0 Å². The van der Waals surface area contributed by atoms with Gasteiger partial charge in [-0.15, -0.1) is 0 Å². The molecule has 0 radical (unpaired) electrons. The van der Waals surface area contributed by atoms with Crippen LogP contribution in [0.1, 0.15) is 43.5 Å². The van der Waals surface area contributed by atoms with Crippen LogP contribution in [0.2, 0.25) is 0 Å². The standard InChI is InChI=1S/C24H24FN7OS/c25-19-5-3-16(4-6-19)21-27-23(33-29-21)18-2-1-13-30(14-18)15-31-24(34)32(20-7-8-20)22(28-31)17-9-11-26-12-10-17/h3-6,9-12,18,20H,1-2,7-8,13-15H2. The third-order valence-electron chi connectivity index (χ3n) is 6.45. The highest BCUT2D eigenvalue weighted by atomic mass is 32.1. The molecule has 4 aromatic rings. The summed E-state index contributed by atoms with van der Waals surface area (Å²) in [5.41, 5.74) is 1.77. The lowest BCUT2D eigenvalue weighted by Crippen LogP contribution is -2.36. The van der Waals surface area contributed by atoms with E-state index in [1.807, 2.05) is 16.8 Å². The van der Waals surface area contributed by atoms with Crippen molar-refractivity contribution in [1.29, 1.82) is 0 Å². The highest BCUT2D eigenvalue weighted by Gasteiger charge is 2.31.